The third-order valence-corrected chi connectivity index (χ3v) is 5.71. The summed E-state index contributed by atoms with van der Waals surface area (Å²) in [6, 6.07) is 21.5. The van der Waals surface area contributed by atoms with Crippen LogP contribution in [0.3, 0.4) is 0 Å². The van der Waals surface area contributed by atoms with Crippen molar-refractivity contribution in [3.63, 3.8) is 0 Å². The second kappa shape index (κ2) is 10.7. The van der Waals surface area contributed by atoms with Gasteiger partial charge in [0, 0.05) is 30.2 Å². The van der Waals surface area contributed by atoms with Crippen molar-refractivity contribution in [2.24, 2.45) is 10.9 Å². The predicted molar refractivity (Wildman–Crippen MR) is 132 cm³/mol. The maximum atomic E-state index is 12.7. The molecule has 1 fully saturated rings. The highest BCUT2D eigenvalue weighted by atomic mass is 16.2. The third kappa shape index (κ3) is 6.62. The van der Waals surface area contributed by atoms with E-state index in [1.807, 2.05) is 50.2 Å². The number of aliphatic imine (C=N–C) groups is 1. The van der Waals surface area contributed by atoms with Gasteiger partial charge in [0.15, 0.2) is 0 Å². The summed E-state index contributed by atoms with van der Waals surface area (Å²) < 4.78 is 0. The van der Waals surface area contributed by atoms with Gasteiger partial charge in [-0.25, -0.2) is 14.8 Å². The zero-order valence-electron chi connectivity index (χ0n) is 19.2. The van der Waals surface area contributed by atoms with Crippen molar-refractivity contribution in [3.05, 3.63) is 83.7 Å². The lowest BCUT2D eigenvalue weighted by Gasteiger charge is -2.34. The number of nitrogens with one attached hydrogen (secondary N) is 2. The number of aromatic nitrogens is 2. The molecule has 0 unspecified atom stereocenters. The van der Waals surface area contributed by atoms with Crippen LogP contribution in [0.1, 0.15) is 29.8 Å². The second-order valence-electron chi connectivity index (χ2n) is 8.45. The number of carbonyl (C=O) groups is 1. The van der Waals surface area contributed by atoms with Crippen LogP contribution < -0.4 is 10.6 Å². The standard InChI is InChI=1S/C26H30N6O/c1-19-17-20(2)28-24(27-19)30-25(31-26(33)29-23-11-7-4-8-12-23)32-15-13-22(14-16-32)18-21-9-5-3-6-10-21/h3-12,17,22H,13-16,18H2,1-2H3,(H2,27,28,29,30,31,33). The summed E-state index contributed by atoms with van der Waals surface area (Å²) in [5, 5.41) is 5.80. The van der Waals surface area contributed by atoms with Crippen LogP contribution in [0, 0.1) is 19.8 Å². The Morgan fingerprint density at radius 2 is 1.58 bits per heavy atom. The molecular formula is C26H30N6O. The molecule has 7 nitrogen and oxygen atoms in total. The fraction of sp³-hybridized carbons (Fsp3) is 0.308. The number of benzene rings is 2. The Bertz CT molecular complexity index is 1070. The number of guanidine groups is 1. The Kier molecular flexibility index (Phi) is 7.29. The van der Waals surface area contributed by atoms with E-state index >= 15 is 0 Å². The van der Waals surface area contributed by atoms with E-state index in [0.29, 0.717) is 17.8 Å². The van der Waals surface area contributed by atoms with Crippen LogP contribution in [0.25, 0.3) is 0 Å². The zero-order valence-corrected chi connectivity index (χ0v) is 19.2. The highest BCUT2D eigenvalue weighted by molar-refractivity contribution is 6.02. The summed E-state index contributed by atoms with van der Waals surface area (Å²) in [6.45, 7) is 5.45. The molecule has 0 aliphatic carbocycles. The molecule has 4 rings (SSSR count). The Hall–Kier alpha value is -3.74. The molecule has 1 aliphatic rings. The molecule has 0 saturated carbocycles. The Morgan fingerprint density at radius 1 is 0.970 bits per heavy atom. The molecule has 33 heavy (non-hydrogen) atoms. The molecule has 1 saturated heterocycles. The number of anilines is 1. The van der Waals surface area contributed by atoms with Crippen LogP contribution in [0.4, 0.5) is 16.4 Å². The van der Waals surface area contributed by atoms with Gasteiger partial charge in [-0.2, -0.15) is 4.99 Å². The van der Waals surface area contributed by atoms with E-state index in [1.165, 1.54) is 5.56 Å². The van der Waals surface area contributed by atoms with Gasteiger partial charge in [-0.15, -0.1) is 0 Å². The van der Waals surface area contributed by atoms with Crippen molar-refractivity contribution in [2.75, 3.05) is 18.4 Å². The second-order valence-corrected chi connectivity index (χ2v) is 8.45. The number of para-hydroxylation sites is 1. The van der Waals surface area contributed by atoms with Crippen LogP contribution in [0.5, 0.6) is 0 Å². The minimum absolute atomic E-state index is 0.337. The van der Waals surface area contributed by atoms with E-state index in [1.54, 1.807) is 0 Å². The first-order valence-corrected chi connectivity index (χ1v) is 11.4. The van der Waals surface area contributed by atoms with E-state index in [-0.39, 0.29) is 6.03 Å². The van der Waals surface area contributed by atoms with Gasteiger partial charge in [0.2, 0.25) is 5.96 Å². The number of amides is 2. The SMILES string of the molecule is Cc1cc(C)nc(/N=C(\NC(=O)Nc2ccccc2)N2CCC(Cc3ccccc3)CC2)n1. The van der Waals surface area contributed by atoms with Crippen molar-refractivity contribution in [1.82, 2.24) is 20.2 Å². The quantitative estimate of drug-likeness (QED) is 0.447. The number of rotatable bonds is 4. The number of nitrogens with zero attached hydrogens (tertiary/aromatic N) is 4. The van der Waals surface area contributed by atoms with Gasteiger partial charge >= 0.3 is 6.03 Å². The lowest BCUT2D eigenvalue weighted by molar-refractivity contribution is 0.246. The molecule has 170 valence electrons. The lowest BCUT2D eigenvalue weighted by Crippen LogP contribution is -2.48. The van der Waals surface area contributed by atoms with Gasteiger partial charge in [-0.3, -0.25) is 5.32 Å². The molecule has 2 N–H and O–H groups in total. The Labute approximate surface area is 195 Å². The number of piperidine rings is 1. The van der Waals surface area contributed by atoms with Crippen molar-refractivity contribution in [1.29, 1.82) is 0 Å². The minimum atomic E-state index is -0.337. The lowest BCUT2D eigenvalue weighted by atomic mass is 9.90. The molecule has 0 atom stereocenters. The van der Waals surface area contributed by atoms with Gasteiger partial charge < -0.3 is 10.2 Å². The van der Waals surface area contributed by atoms with Gasteiger partial charge in [0.25, 0.3) is 5.95 Å². The van der Waals surface area contributed by atoms with Gasteiger partial charge in [-0.1, -0.05) is 48.5 Å². The van der Waals surface area contributed by atoms with E-state index in [4.69, 9.17) is 0 Å². The molecule has 0 spiro atoms. The zero-order chi connectivity index (χ0) is 23.0. The predicted octanol–water partition coefficient (Wildman–Crippen LogP) is 4.86. The monoisotopic (exact) mass is 442 g/mol. The number of hydrogen-bond donors (Lipinski definition) is 2. The largest absolute Gasteiger partial charge is 0.342 e. The summed E-state index contributed by atoms with van der Waals surface area (Å²) in [7, 11) is 0. The highest BCUT2D eigenvalue weighted by Crippen LogP contribution is 2.22. The molecule has 3 aromatic rings. The van der Waals surface area contributed by atoms with Crippen LogP contribution >= 0.6 is 0 Å². The maximum absolute atomic E-state index is 12.7. The van der Waals surface area contributed by atoms with Crippen molar-refractivity contribution in [3.8, 4) is 0 Å². The van der Waals surface area contributed by atoms with Crippen molar-refractivity contribution in [2.45, 2.75) is 33.1 Å². The Balaban J connectivity index is 1.47. The summed E-state index contributed by atoms with van der Waals surface area (Å²) >= 11 is 0. The van der Waals surface area contributed by atoms with Crippen LogP contribution in [-0.4, -0.2) is 39.9 Å². The average Bonchev–Trinajstić information content (AvgIpc) is 2.80. The molecule has 0 bridgehead atoms. The van der Waals surface area contributed by atoms with E-state index in [9.17, 15) is 4.79 Å². The molecule has 2 amide bonds. The Morgan fingerprint density at radius 3 is 2.21 bits per heavy atom. The van der Waals surface area contributed by atoms with Crippen LogP contribution in [0.15, 0.2) is 71.7 Å². The number of aryl methyl sites for hydroxylation is 2. The average molecular weight is 443 g/mol. The van der Waals surface area contributed by atoms with Gasteiger partial charge in [0.05, 0.1) is 0 Å². The first-order chi connectivity index (χ1) is 16.0. The van der Waals surface area contributed by atoms with Gasteiger partial charge in [0.1, 0.15) is 0 Å². The van der Waals surface area contributed by atoms with Gasteiger partial charge in [-0.05, 0) is 62.8 Å². The highest BCUT2D eigenvalue weighted by Gasteiger charge is 2.23. The third-order valence-electron chi connectivity index (χ3n) is 5.71. The summed E-state index contributed by atoms with van der Waals surface area (Å²) in [4.78, 5) is 28.4. The first kappa shape index (κ1) is 22.5. The summed E-state index contributed by atoms with van der Waals surface area (Å²) in [5.74, 6) is 1.45. The number of carbonyl (C=O) groups excluding carboxylic acids is 1. The van der Waals surface area contributed by atoms with E-state index in [2.05, 4.69) is 60.8 Å². The fourth-order valence-electron chi connectivity index (χ4n) is 4.11. The topological polar surface area (TPSA) is 82.5 Å². The first-order valence-electron chi connectivity index (χ1n) is 11.4. The maximum Gasteiger partial charge on any atom is 0.326 e. The van der Waals surface area contributed by atoms with Crippen molar-refractivity contribution < 1.29 is 4.79 Å². The smallest absolute Gasteiger partial charge is 0.326 e. The van der Waals surface area contributed by atoms with E-state index in [0.717, 1.165) is 49.4 Å². The minimum Gasteiger partial charge on any atom is -0.342 e. The summed E-state index contributed by atoms with van der Waals surface area (Å²) in [6.07, 6.45) is 3.14. The molecule has 1 aliphatic heterocycles. The molecule has 2 heterocycles. The van der Waals surface area contributed by atoms with Crippen LogP contribution in [0.2, 0.25) is 0 Å². The number of hydrogen-bond acceptors (Lipinski definition) is 4. The molecule has 7 heteroatoms. The van der Waals surface area contributed by atoms with Crippen molar-refractivity contribution >= 4 is 23.6 Å². The van der Waals surface area contributed by atoms with Crippen LogP contribution in [-0.2, 0) is 6.42 Å². The van der Waals surface area contributed by atoms with E-state index < -0.39 is 0 Å². The number of urea groups is 1. The molecule has 1 aromatic heterocycles. The normalized spacial score (nSPS) is 14.7. The summed E-state index contributed by atoms with van der Waals surface area (Å²) in [5.41, 5.74) is 3.78. The molecule has 0 radical (unpaired) electrons. The molecule has 2 aromatic carbocycles. The number of likely N-dealkylation sites (tertiary alicyclic amines) is 1. The fourth-order valence-corrected chi connectivity index (χ4v) is 4.11. The molecular weight excluding hydrogens is 412 g/mol.